The van der Waals surface area contributed by atoms with Gasteiger partial charge in [-0.2, -0.15) is 0 Å². The van der Waals surface area contributed by atoms with Gasteiger partial charge in [-0.05, 0) is 51.0 Å². The summed E-state index contributed by atoms with van der Waals surface area (Å²) in [7, 11) is 1.78. The third kappa shape index (κ3) is 2.62. The van der Waals surface area contributed by atoms with Gasteiger partial charge in [0.25, 0.3) is 0 Å². The zero-order valence-corrected chi connectivity index (χ0v) is 14.0. The monoisotopic (exact) mass is 297 g/mol. The summed E-state index contributed by atoms with van der Waals surface area (Å²) in [6.07, 6.45) is 8.43. The van der Waals surface area contributed by atoms with E-state index >= 15 is 0 Å². The van der Waals surface area contributed by atoms with Crippen molar-refractivity contribution in [2.24, 2.45) is 0 Å². The third-order valence-electron chi connectivity index (χ3n) is 4.94. The lowest BCUT2D eigenvalue weighted by atomic mass is 9.78. The Morgan fingerprint density at radius 2 is 1.73 bits per heavy atom. The Balaban J connectivity index is 1.87. The minimum absolute atomic E-state index is 0.257. The normalized spacial score (nSPS) is 25.8. The highest BCUT2D eigenvalue weighted by Crippen LogP contribution is 2.36. The number of rotatable bonds is 2. The smallest absolute Gasteiger partial charge is 0.399 e. The van der Waals surface area contributed by atoms with Gasteiger partial charge >= 0.3 is 7.12 Å². The standard InChI is InChI=1S/C18H24BNO2/c1-17(2)18(3,4)22-19(21-17)15-10-8-9-14(13-15)16-11-6-7-12-20(16)5/h6-13,16H,1-5H3. The first-order chi connectivity index (χ1) is 10.3. The maximum atomic E-state index is 6.15. The molecule has 0 spiro atoms. The number of benzene rings is 1. The predicted molar refractivity (Wildman–Crippen MR) is 90.9 cm³/mol. The fraction of sp³-hybridized carbons (Fsp3) is 0.444. The molecule has 22 heavy (non-hydrogen) atoms. The molecular formula is C18H24BNO2. The van der Waals surface area contributed by atoms with Crippen molar-refractivity contribution in [2.75, 3.05) is 7.05 Å². The molecule has 3 nitrogen and oxygen atoms in total. The van der Waals surface area contributed by atoms with Crippen LogP contribution in [0.2, 0.25) is 0 Å². The van der Waals surface area contributed by atoms with Gasteiger partial charge in [0.05, 0.1) is 17.2 Å². The maximum Gasteiger partial charge on any atom is 0.494 e. The molecule has 2 aliphatic rings. The summed E-state index contributed by atoms with van der Waals surface area (Å²) in [5.74, 6) is 0. The van der Waals surface area contributed by atoms with Crippen molar-refractivity contribution in [2.45, 2.75) is 44.9 Å². The van der Waals surface area contributed by atoms with E-state index < -0.39 is 0 Å². The molecule has 0 aromatic heterocycles. The van der Waals surface area contributed by atoms with Crippen LogP contribution in [0.4, 0.5) is 0 Å². The van der Waals surface area contributed by atoms with E-state index in [1.165, 1.54) is 5.56 Å². The second kappa shape index (κ2) is 5.29. The van der Waals surface area contributed by atoms with Crippen LogP contribution >= 0.6 is 0 Å². The molecule has 1 saturated heterocycles. The molecule has 0 N–H and O–H groups in total. The van der Waals surface area contributed by atoms with Crippen LogP contribution in [0.3, 0.4) is 0 Å². The van der Waals surface area contributed by atoms with Gasteiger partial charge in [0, 0.05) is 7.05 Å². The lowest BCUT2D eigenvalue weighted by Crippen LogP contribution is -2.41. The molecule has 2 aliphatic heterocycles. The number of allylic oxidation sites excluding steroid dienone is 2. The Kier molecular flexibility index (Phi) is 3.70. The second-order valence-corrected chi connectivity index (χ2v) is 7.10. The summed E-state index contributed by atoms with van der Waals surface area (Å²) >= 11 is 0. The molecule has 0 amide bonds. The molecule has 2 heterocycles. The van der Waals surface area contributed by atoms with Crippen LogP contribution in [0.15, 0.2) is 48.7 Å². The van der Waals surface area contributed by atoms with E-state index in [0.717, 1.165) is 5.46 Å². The van der Waals surface area contributed by atoms with Crippen molar-refractivity contribution in [3.8, 4) is 0 Å². The number of nitrogens with zero attached hydrogens (tertiary/aromatic N) is 1. The van der Waals surface area contributed by atoms with Gasteiger partial charge in [-0.1, -0.05) is 36.4 Å². The van der Waals surface area contributed by atoms with E-state index in [4.69, 9.17) is 9.31 Å². The van der Waals surface area contributed by atoms with E-state index in [9.17, 15) is 0 Å². The summed E-state index contributed by atoms with van der Waals surface area (Å²) in [5.41, 5.74) is 1.71. The van der Waals surface area contributed by atoms with Crippen molar-refractivity contribution in [1.82, 2.24) is 4.90 Å². The van der Waals surface area contributed by atoms with Crippen molar-refractivity contribution in [3.05, 3.63) is 54.3 Å². The van der Waals surface area contributed by atoms with Crippen LogP contribution in [0.1, 0.15) is 39.3 Å². The molecule has 1 unspecified atom stereocenters. The largest absolute Gasteiger partial charge is 0.494 e. The highest BCUT2D eigenvalue weighted by atomic mass is 16.7. The maximum absolute atomic E-state index is 6.15. The summed E-state index contributed by atoms with van der Waals surface area (Å²) in [5, 5.41) is 0. The quantitative estimate of drug-likeness (QED) is 0.783. The van der Waals surface area contributed by atoms with Crippen molar-refractivity contribution < 1.29 is 9.31 Å². The molecule has 0 aliphatic carbocycles. The summed E-state index contributed by atoms with van der Waals surface area (Å²) in [4.78, 5) is 2.20. The fourth-order valence-corrected chi connectivity index (χ4v) is 2.80. The lowest BCUT2D eigenvalue weighted by molar-refractivity contribution is 0.00578. The average Bonchev–Trinajstić information content (AvgIpc) is 2.68. The molecule has 0 saturated carbocycles. The Hall–Kier alpha value is -1.52. The van der Waals surface area contributed by atoms with Gasteiger partial charge in [-0.3, -0.25) is 0 Å². The average molecular weight is 297 g/mol. The van der Waals surface area contributed by atoms with Crippen LogP contribution in [0.5, 0.6) is 0 Å². The highest BCUT2D eigenvalue weighted by molar-refractivity contribution is 6.62. The van der Waals surface area contributed by atoms with Gasteiger partial charge in [0.1, 0.15) is 0 Å². The minimum atomic E-state index is -0.308. The summed E-state index contributed by atoms with van der Waals surface area (Å²) < 4.78 is 12.3. The number of likely N-dealkylation sites (N-methyl/N-ethyl adjacent to an activating group) is 1. The third-order valence-corrected chi connectivity index (χ3v) is 4.94. The SMILES string of the molecule is CN1C=CC=CC1c1cccc(B2OC(C)(C)C(C)(C)O2)c1. The number of hydrogen-bond donors (Lipinski definition) is 0. The van der Waals surface area contributed by atoms with E-state index in [0.29, 0.717) is 0 Å². The Morgan fingerprint density at radius 1 is 1.05 bits per heavy atom. The summed E-state index contributed by atoms with van der Waals surface area (Å²) in [6, 6.07) is 8.75. The number of hydrogen-bond acceptors (Lipinski definition) is 3. The van der Waals surface area contributed by atoms with E-state index in [1.54, 1.807) is 0 Å². The van der Waals surface area contributed by atoms with E-state index in [1.807, 2.05) is 0 Å². The van der Waals surface area contributed by atoms with Crippen LogP contribution in [-0.2, 0) is 9.31 Å². The first-order valence-electron chi connectivity index (χ1n) is 7.83. The zero-order valence-electron chi connectivity index (χ0n) is 14.0. The Morgan fingerprint density at radius 3 is 2.36 bits per heavy atom. The molecule has 0 bridgehead atoms. The Bertz CT molecular complexity index is 605. The predicted octanol–water partition coefficient (Wildman–Crippen LogP) is 3.04. The molecule has 1 aromatic carbocycles. The zero-order chi connectivity index (χ0) is 16.0. The minimum Gasteiger partial charge on any atom is -0.399 e. The van der Waals surface area contributed by atoms with E-state index in [2.05, 4.69) is 88.3 Å². The topological polar surface area (TPSA) is 21.7 Å². The van der Waals surface area contributed by atoms with Crippen molar-refractivity contribution in [3.63, 3.8) is 0 Å². The summed E-state index contributed by atoms with van der Waals surface area (Å²) in [6.45, 7) is 8.33. The van der Waals surface area contributed by atoms with Crippen molar-refractivity contribution >= 4 is 12.6 Å². The van der Waals surface area contributed by atoms with Crippen LogP contribution < -0.4 is 5.46 Å². The van der Waals surface area contributed by atoms with Gasteiger partial charge in [-0.15, -0.1) is 0 Å². The van der Waals surface area contributed by atoms with Gasteiger partial charge < -0.3 is 14.2 Å². The second-order valence-electron chi connectivity index (χ2n) is 7.10. The van der Waals surface area contributed by atoms with Crippen molar-refractivity contribution in [1.29, 1.82) is 0 Å². The molecule has 4 heteroatoms. The molecule has 0 radical (unpaired) electrons. The van der Waals surface area contributed by atoms with Crippen LogP contribution in [0.25, 0.3) is 0 Å². The van der Waals surface area contributed by atoms with Gasteiger partial charge in [0.2, 0.25) is 0 Å². The molecular weight excluding hydrogens is 273 g/mol. The lowest BCUT2D eigenvalue weighted by Gasteiger charge is -2.32. The van der Waals surface area contributed by atoms with Gasteiger partial charge in [-0.25, -0.2) is 0 Å². The molecule has 1 fully saturated rings. The Labute approximate surface area is 133 Å². The molecule has 1 atom stereocenters. The first-order valence-corrected chi connectivity index (χ1v) is 7.83. The van der Waals surface area contributed by atoms with E-state index in [-0.39, 0.29) is 24.4 Å². The van der Waals surface area contributed by atoms with Crippen LogP contribution in [-0.4, -0.2) is 30.3 Å². The van der Waals surface area contributed by atoms with Gasteiger partial charge in [0.15, 0.2) is 0 Å². The fourth-order valence-electron chi connectivity index (χ4n) is 2.80. The highest BCUT2D eigenvalue weighted by Gasteiger charge is 2.51. The molecule has 3 rings (SSSR count). The molecule has 1 aromatic rings. The van der Waals surface area contributed by atoms with Crippen LogP contribution in [0, 0.1) is 0 Å². The first kappa shape index (κ1) is 15.4. The molecule has 116 valence electrons.